The van der Waals surface area contributed by atoms with Gasteiger partial charge in [0.2, 0.25) is 0 Å². The summed E-state index contributed by atoms with van der Waals surface area (Å²) >= 11 is 0. The predicted molar refractivity (Wildman–Crippen MR) is 88.3 cm³/mol. The molecule has 1 unspecified atom stereocenters. The van der Waals surface area contributed by atoms with Crippen LogP contribution in [0.25, 0.3) is 0 Å². The van der Waals surface area contributed by atoms with E-state index in [1.54, 1.807) is 0 Å². The summed E-state index contributed by atoms with van der Waals surface area (Å²) in [6.07, 6.45) is 16.2. The lowest BCUT2D eigenvalue weighted by Crippen LogP contribution is -2.52. The van der Waals surface area contributed by atoms with Crippen LogP contribution < -0.4 is 5.32 Å². The SMILES string of the molecule is CCCCCCCCC(NC)C1(OCC)CCCCC1. The topological polar surface area (TPSA) is 21.3 Å². The minimum Gasteiger partial charge on any atom is -0.374 e. The lowest BCUT2D eigenvalue weighted by molar-refractivity contribution is -0.0904. The van der Waals surface area contributed by atoms with E-state index in [-0.39, 0.29) is 5.60 Å². The van der Waals surface area contributed by atoms with Crippen molar-refractivity contribution in [2.75, 3.05) is 13.7 Å². The molecule has 0 aromatic carbocycles. The first kappa shape index (κ1) is 18.0. The summed E-state index contributed by atoms with van der Waals surface area (Å²) in [5.41, 5.74) is 0.130. The van der Waals surface area contributed by atoms with Gasteiger partial charge in [-0.3, -0.25) is 0 Å². The van der Waals surface area contributed by atoms with E-state index in [4.69, 9.17) is 4.74 Å². The second kappa shape index (κ2) is 10.6. The highest BCUT2D eigenvalue weighted by Crippen LogP contribution is 2.36. The Morgan fingerprint density at radius 1 is 0.950 bits per heavy atom. The van der Waals surface area contributed by atoms with Gasteiger partial charge in [-0.05, 0) is 33.2 Å². The van der Waals surface area contributed by atoms with Gasteiger partial charge in [-0.1, -0.05) is 64.7 Å². The normalized spacial score (nSPS) is 19.9. The highest BCUT2D eigenvalue weighted by atomic mass is 16.5. The van der Waals surface area contributed by atoms with Crippen molar-refractivity contribution in [1.82, 2.24) is 5.32 Å². The number of rotatable bonds is 11. The average molecular weight is 284 g/mol. The maximum absolute atomic E-state index is 6.26. The first-order chi connectivity index (χ1) is 9.79. The number of ether oxygens (including phenoxy) is 1. The van der Waals surface area contributed by atoms with Gasteiger partial charge in [-0.25, -0.2) is 0 Å². The Kier molecular flexibility index (Phi) is 9.54. The largest absolute Gasteiger partial charge is 0.374 e. The van der Waals surface area contributed by atoms with Crippen LogP contribution in [0.3, 0.4) is 0 Å². The molecule has 0 heterocycles. The smallest absolute Gasteiger partial charge is 0.0834 e. The van der Waals surface area contributed by atoms with E-state index in [9.17, 15) is 0 Å². The molecule has 2 nitrogen and oxygen atoms in total. The summed E-state index contributed by atoms with van der Waals surface area (Å²) < 4.78 is 6.26. The highest BCUT2D eigenvalue weighted by Gasteiger charge is 2.39. The molecule has 0 aromatic heterocycles. The van der Waals surface area contributed by atoms with Crippen LogP contribution in [0.15, 0.2) is 0 Å². The molecule has 0 bridgehead atoms. The Balaban J connectivity index is 2.37. The van der Waals surface area contributed by atoms with Gasteiger partial charge in [0.05, 0.1) is 5.60 Å². The quantitative estimate of drug-likeness (QED) is 0.535. The van der Waals surface area contributed by atoms with Crippen molar-refractivity contribution in [3.05, 3.63) is 0 Å². The van der Waals surface area contributed by atoms with E-state index in [1.807, 2.05) is 0 Å². The van der Waals surface area contributed by atoms with E-state index in [2.05, 4.69) is 26.2 Å². The molecule has 0 amide bonds. The van der Waals surface area contributed by atoms with Gasteiger partial charge in [-0.15, -0.1) is 0 Å². The standard InChI is InChI=1S/C18H37NO/c1-4-6-7-8-9-11-14-17(19-3)18(20-5-2)15-12-10-13-16-18/h17,19H,4-16H2,1-3H3. The molecule has 1 atom stereocenters. The third kappa shape index (κ3) is 5.73. The molecule has 2 heteroatoms. The average Bonchev–Trinajstić information content (AvgIpc) is 2.48. The monoisotopic (exact) mass is 283 g/mol. The zero-order chi connectivity index (χ0) is 14.7. The lowest BCUT2D eigenvalue weighted by atomic mass is 9.77. The highest BCUT2D eigenvalue weighted by molar-refractivity contribution is 4.95. The Bertz CT molecular complexity index is 218. The predicted octanol–water partition coefficient (Wildman–Crippen LogP) is 5.06. The van der Waals surface area contributed by atoms with Crippen LogP contribution in [-0.4, -0.2) is 25.3 Å². The fourth-order valence-corrected chi connectivity index (χ4v) is 3.83. The van der Waals surface area contributed by atoms with Gasteiger partial charge >= 0.3 is 0 Å². The zero-order valence-corrected chi connectivity index (χ0v) is 14.2. The molecule has 0 aromatic rings. The molecule has 120 valence electrons. The molecular weight excluding hydrogens is 246 g/mol. The van der Waals surface area contributed by atoms with Gasteiger partial charge in [0.1, 0.15) is 0 Å². The molecule has 1 rings (SSSR count). The molecule has 1 N–H and O–H groups in total. The number of likely N-dealkylation sites (N-methyl/N-ethyl adjacent to an activating group) is 1. The van der Waals surface area contributed by atoms with E-state index in [0.717, 1.165) is 6.61 Å². The van der Waals surface area contributed by atoms with Crippen molar-refractivity contribution < 1.29 is 4.74 Å². The van der Waals surface area contributed by atoms with Gasteiger partial charge in [0.25, 0.3) is 0 Å². The Morgan fingerprint density at radius 2 is 1.60 bits per heavy atom. The second-order valence-corrected chi connectivity index (χ2v) is 6.46. The van der Waals surface area contributed by atoms with Gasteiger partial charge in [-0.2, -0.15) is 0 Å². The summed E-state index contributed by atoms with van der Waals surface area (Å²) in [5.74, 6) is 0. The Hall–Kier alpha value is -0.0800. The Labute approximate surface area is 127 Å². The third-order valence-electron chi connectivity index (χ3n) is 4.96. The summed E-state index contributed by atoms with van der Waals surface area (Å²) in [5, 5.41) is 3.57. The summed E-state index contributed by atoms with van der Waals surface area (Å²) in [7, 11) is 2.12. The van der Waals surface area contributed by atoms with Crippen molar-refractivity contribution in [3.8, 4) is 0 Å². The molecular formula is C18H37NO. The zero-order valence-electron chi connectivity index (χ0n) is 14.2. The van der Waals surface area contributed by atoms with Gasteiger partial charge < -0.3 is 10.1 Å². The molecule has 1 aliphatic carbocycles. The third-order valence-corrected chi connectivity index (χ3v) is 4.96. The van der Waals surface area contributed by atoms with E-state index in [0.29, 0.717) is 6.04 Å². The van der Waals surface area contributed by atoms with Crippen LogP contribution in [0.2, 0.25) is 0 Å². The van der Waals surface area contributed by atoms with Crippen LogP contribution in [0, 0.1) is 0 Å². The minimum atomic E-state index is 0.130. The first-order valence-corrected chi connectivity index (χ1v) is 9.10. The first-order valence-electron chi connectivity index (χ1n) is 9.10. The molecule has 1 fully saturated rings. The molecule has 0 radical (unpaired) electrons. The molecule has 1 aliphatic rings. The van der Waals surface area contributed by atoms with Crippen molar-refractivity contribution >= 4 is 0 Å². The van der Waals surface area contributed by atoms with Crippen LogP contribution in [0.1, 0.15) is 90.9 Å². The maximum atomic E-state index is 6.26. The summed E-state index contributed by atoms with van der Waals surface area (Å²) in [6, 6.07) is 0.550. The van der Waals surface area contributed by atoms with Crippen LogP contribution in [-0.2, 0) is 4.74 Å². The van der Waals surface area contributed by atoms with E-state index < -0.39 is 0 Å². The van der Waals surface area contributed by atoms with Crippen LogP contribution in [0.5, 0.6) is 0 Å². The van der Waals surface area contributed by atoms with E-state index >= 15 is 0 Å². The number of unbranched alkanes of at least 4 members (excludes halogenated alkanes) is 5. The van der Waals surface area contributed by atoms with Crippen molar-refractivity contribution in [2.24, 2.45) is 0 Å². The number of hydrogen-bond donors (Lipinski definition) is 1. The van der Waals surface area contributed by atoms with Gasteiger partial charge in [0, 0.05) is 12.6 Å². The molecule has 0 saturated heterocycles. The molecule has 0 spiro atoms. The van der Waals surface area contributed by atoms with Crippen LogP contribution >= 0.6 is 0 Å². The number of nitrogens with one attached hydrogen (secondary N) is 1. The maximum Gasteiger partial charge on any atom is 0.0834 e. The van der Waals surface area contributed by atoms with Crippen molar-refractivity contribution in [1.29, 1.82) is 0 Å². The lowest BCUT2D eigenvalue weighted by Gasteiger charge is -2.43. The fourth-order valence-electron chi connectivity index (χ4n) is 3.83. The van der Waals surface area contributed by atoms with Crippen molar-refractivity contribution in [3.63, 3.8) is 0 Å². The van der Waals surface area contributed by atoms with Crippen LogP contribution in [0.4, 0.5) is 0 Å². The minimum absolute atomic E-state index is 0.130. The van der Waals surface area contributed by atoms with E-state index in [1.165, 1.54) is 77.0 Å². The molecule has 20 heavy (non-hydrogen) atoms. The molecule has 0 aliphatic heterocycles. The molecule has 1 saturated carbocycles. The summed E-state index contributed by atoms with van der Waals surface area (Å²) in [4.78, 5) is 0. The summed E-state index contributed by atoms with van der Waals surface area (Å²) in [6.45, 7) is 5.29. The second-order valence-electron chi connectivity index (χ2n) is 6.46. The fraction of sp³-hybridized carbons (Fsp3) is 1.00. The van der Waals surface area contributed by atoms with Gasteiger partial charge in [0.15, 0.2) is 0 Å². The number of hydrogen-bond acceptors (Lipinski definition) is 2. The Morgan fingerprint density at radius 3 is 2.20 bits per heavy atom. The van der Waals surface area contributed by atoms with Crippen molar-refractivity contribution in [2.45, 2.75) is 103 Å².